The molecule has 10 nitrogen and oxygen atoms in total. The molecule has 35 heavy (non-hydrogen) atoms. The van der Waals surface area contributed by atoms with E-state index in [0.29, 0.717) is 17.2 Å². The molecule has 0 radical (unpaired) electrons. The molecule has 11 heteroatoms. The van der Waals surface area contributed by atoms with Crippen molar-refractivity contribution in [2.24, 2.45) is 0 Å². The number of nitrogens with zero attached hydrogens (tertiary/aromatic N) is 2. The molecule has 0 saturated carbocycles. The lowest BCUT2D eigenvalue weighted by Crippen LogP contribution is -2.30. The van der Waals surface area contributed by atoms with Crippen LogP contribution in [0.4, 0.5) is 11.4 Å². The van der Waals surface area contributed by atoms with Crippen molar-refractivity contribution in [3.8, 4) is 17.2 Å². The number of ether oxygens (including phenoxy) is 2. The molecule has 0 aliphatic carbocycles. The zero-order valence-corrected chi connectivity index (χ0v) is 20.0. The number of rotatable bonds is 11. The Hall–Kier alpha value is -3.96. The summed E-state index contributed by atoms with van der Waals surface area (Å²) in [6.07, 6.45) is 0. The van der Waals surface area contributed by atoms with Crippen LogP contribution in [0.25, 0.3) is 0 Å². The quantitative estimate of drug-likeness (QED) is 0.305. The molecule has 184 valence electrons. The maximum Gasteiger partial charge on any atom is 0.312 e. The van der Waals surface area contributed by atoms with Gasteiger partial charge in [0, 0.05) is 19.2 Å². The Kier molecular flexibility index (Phi) is 8.39. The monoisotopic (exact) mass is 499 g/mol. The summed E-state index contributed by atoms with van der Waals surface area (Å²) in [5, 5.41) is 14.2. The first kappa shape index (κ1) is 25.7. The highest BCUT2D eigenvalue weighted by Gasteiger charge is 2.26. The van der Waals surface area contributed by atoms with E-state index in [1.165, 1.54) is 16.4 Å². The number of para-hydroxylation sites is 3. The zero-order valence-electron chi connectivity index (χ0n) is 19.2. The SMILES string of the molecule is CCN(CC)S(=O)(=O)c1ccc(OCC(=O)Nc2ccccc2Oc2ccccc2)c([N+](=O)[O-])c1. The van der Waals surface area contributed by atoms with Gasteiger partial charge in [-0.05, 0) is 36.4 Å². The van der Waals surface area contributed by atoms with E-state index in [9.17, 15) is 23.3 Å². The minimum absolute atomic E-state index is 0.223. The molecule has 0 saturated heterocycles. The maximum absolute atomic E-state index is 12.7. The van der Waals surface area contributed by atoms with Crippen LogP contribution in [0.1, 0.15) is 13.8 Å². The van der Waals surface area contributed by atoms with Gasteiger partial charge in [-0.3, -0.25) is 14.9 Å². The summed E-state index contributed by atoms with van der Waals surface area (Å²) in [6.45, 7) is 3.26. The van der Waals surface area contributed by atoms with Gasteiger partial charge in [0.25, 0.3) is 5.91 Å². The van der Waals surface area contributed by atoms with E-state index in [1.54, 1.807) is 50.2 Å². The average molecular weight is 500 g/mol. The number of carbonyl (C=O) groups is 1. The number of sulfonamides is 1. The predicted molar refractivity (Wildman–Crippen MR) is 130 cm³/mol. The number of hydrogen-bond donors (Lipinski definition) is 1. The highest BCUT2D eigenvalue weighted by atomic mass is 32.2. The minimum atomic E-state index is -3.90. The summed E-state index contributed by atoms with van der Waals surface area (Å²) in [4.78, 5) is 23.1. The fraction of sp³-hybridized carbons (Fsp3) is 0.208. The highest BCUT2D eigenvalue weighted by Crippen LogP contribution is 2.32. The maximum atomic E-state index is 12.7. The predicted octanol–water partition coefficient (Wildman–Crippen LogP) is 4.44. The fourth-order valence-electron chi connectivity index (χ4n) is 3.24. The molecule has 1 N–H and O–H groups in total. The fourth-order valence-corrected chi connectivity index (χ4v) is 4.72. The van der Waals surface area contributed by atoms with Crippen LogP contribution < -0.4 is 14.8 Å². The summed E-state index contributed by atoms with van der Waals surface area (Å²) in [5.41, 5.74) is -0.168. The molecule has 3 aromatic carbocycles. The van der Waals surface area contributed by atoms with Crippen molar-refractivity contribution in [3.05, 3.63) is 82.9 Å². The topological polar surface area (TPSA) is 128 Å². The molecule has 0 aromatic heterocycles. The Morgan fingerprint density at radius 2 is 1.63 bits per heavy atom. The van der Waals surface area contributed by atoms with Crippen LogP contribution >= 0.6 is 0 Å². The van der Waals surface area contributed by atoms with Crippen molar-refractivity contribution in [2.45, 2.75) is 18.7 Å². The molecule has 3 aromatic rings. The molecule has 0 atom stereocenters. The molecule has 0 unspecified atom stereocenters. The van der Waals surface area contributed by atoms with Gasteiger partial charge in [0.2, 0.25) is 10.0 Å². The van der Waals surface area contributed by atoms with E-state index in [1.807, 2.05) is 18.2 Å². The van der Waals surface area contributed by atoms with Gasteiger partial charge < -0.3 is 14.8 Å². The number of benzene rings is 3. The first-order valence-corrected chi connectivity index (χ1v) is 12.2. The van der Waals surface area contributed by atoms with Crippen molar-refractivity contribution in [1.29, 1.82) is 0 Å². The van der Waals surface area contributed by atoms with Crippen molar-refractivity contribution < 1.29 is 27.6 Å². The van der Waals surface area contributed by atoms with Crippen molar-refractivity contribution in [2.75, 3.05) is 25.0 Å². The summed E-state index contributed by atoms with van der Waals surface area (Å²) >= 11 is 0. The number of carbonyl (C=O) groups excluding carboxylic acids is 1. The molecule has 0 spiro atoms. The molecule has 0 fully saturated rings. The Morgan fingerprint density at radius 1 is 0.971 bits per heavy atom. The number of hydrogen-bond acceptors (Lipinski definition) is 7. The van der Waals surface area contributed by atoms with E-state index in [2.05, 4.69) is 5.32 Å². The number of anilines is 1. The van der Waals surface area contributed by atoms with E-state index >= 15 is 0 Å². The van der Waals surface area contributed by atoms with E-state index in [0.717, 1.165) is 6.07 Å². The van der Waals surface area contributed by atoms with Crippen LogP contribution in [0.2, 0.25) is 0 Å². The smallest absolute Gasteiger partial charge is 0.312 e. The third-order valence-electron chi connectivity index (χ3n) is 4.96. The molecule has 3 rings (SSSR count). The molecule has 0 aliphatic rings. The first-order chi connectivity index (χ1) is 16.8. The lowest BCUT2D eigenvalue weighted by Gasteiger charge is -2.18. The Labute approximate surface area is 203 Å². The van der Waals surface area contributed by atoms with Crippen LogP contribution in [0, 0.1) is 10.1 Å². The normalized spacial score (nSPS) is 11.2. The van der Waals surface area contributed by atoms with Gasteiger partial charge in [-0.1, -0.05) is 44.2 Å². The van der Waals surface area contributed by atoms with Crippen molar-refractivity contribution in [1.82, 2.24) is 4.31 Å². The van der Waals surface area contributed by atoms with Crippen LogP contribution in [0.3, 0.4) is 0 Å². The number of nitro benzene ring substituents is 1. The summed E-state index contributed by atoms with van der Waals surface area (Å²) in [5.74, 6) is 0.186. The molecular formula is C24H25N3O7S. The summed E-state index contributed by atoms with van der Waals surface area (Å²) < 4.78 is 37.8. The number of nitro groups is 1. The van der Waals surface area contributed by atoms with Gasteiger partial charge in [0.1, 0.15) is 5.75 Å². The summed E-state index contributed by atoms with van der Waals surface area (Å²) in [6, 6.07) is 19.1. The highest BCUT2D eigenvalue weighted by molar-refractivity contribution is 7.89. The van der Waals surface area contributed by atoms with Crippen LogP contribution in [-0.2, 0) is 14.8 Å². The van der Waals surface area contributed by atoms with Crippen molar-refractivity contribution >= 4 is 27.3 Å². The zero-order chi connectivity index (χ0) is 25.4. The Bertz CT molecular complexity index is 1290. The van der Waals surface area contributed by atoms with Gasteiger partial charge in [-0.25, -0.2) is 8.42 Å². The lowest BCUT2D eigenvalue weighted by molar-refractivity contribution is -0.386. The first-order valence-electron chi connectivity index (χ1n) is 10.8. The van der Waals surface area contributed by atoms with Crippen LogP contribution in [0.5, 0.6) is 17.2 Å². The molecular weight excluding hydrogens is 474 g/mol. The Balaban J connectivity index is 1.73. The van der Waals surface area contributed by atoms with Crippen LogP contribution in [-0.4, -0.2) is 43.2 Å². The second-order valence-corrected chi connectivity index (χ2v) is 9.16. The van der Waals surface area contributed by atoms with Gasteiger partial charge in [-0.15, -0.1) is 0 Å². The van der Waals surface area contributed by atoms with Gasteiger partial charge in [-0.2, -0.15) is 4.31 Å². The van der Waals surface area contributed by atoms with E-state index in [4.69, 9.17) is 9.47 Å². The largest absolute Gasteiger partial charge is 0.477 e. The number of amides is 1. The van der Waals surface area contributed by atoms with E-state index in [-0.39, 0.29) is 23.7 Å². The third-order valence-corrected chi connectivity index (χ3v) is 7.01. The van der Waals surface area contributed by atoms with Gasteiger partial charge >= 0.3 is 5.69 Å². The van der Waals surface area contributed by atoms with Gasteiger partial charge in [0.15, 0.2) is 18.1 Å². The minimum Gasteiger partial charge on any atom is -0.477 e. The van der Waals surface area contributed by atoms with Crippen LogP contribution in [0.15, 0.2) is 77.7 Å². The second kappa shape index (κ2) is 11.4. The van der Waals surface area contributed by atoms with E-state index < -0.39 is 33.1 Å². The van der Waals surface area contributed by atoms with Gasteiger partial charge in [0.05, 0.1) is 15.5 Å². The molecule has 1 amide bonds. The molecule has 0 heterocycles. The lowest BCUT2D eigenvalue weighted by atomic mass is 10.3. The Morgan fingerprint density at radius 3 is 2.29 bits per heavy atom. The summed E-state index contributed by atoms with van der Waals surface area (Å²) in [7, 11) is -3.90. The molecule has 0 bridgehead atoms. The van der Waals surface area contributed by atoms with Crippen molar-refractivity contribution in [3.63, 3.8) is 0 Å². The average Bonchev–Trinajstić information content (AvgIpc) is 2.85. The molecule has 0 aliphatic heterocycles. The third kappa shape index (κ3) is 6.34. The number of nitrogens with one attached hydrogen (secondary N) is 1. The second-order valence-electron chi connectivity index (χ2n) is 7.22. The standard InChI is InChI=1S/C24H25N3O7S/c1-3-26(4-2)35(31,32)19-14-15-23(21(16-19)27(29)30)33-17-24(28)25-20-12-8-9-13-22(20)34-18-10-6-5-7-11-18/h5-16H,3-4,17H2,1-2H3,(H,25,28).